The van der Waals surface area contributed by atoms with Crippen LogP contribution in [0.1, 0.15) is 23.6 Å². The van der Waals surface area contributed by atoms with Crippen LogP contribution in [0.4, 0.5) is 17.3 Å². The van der Waals surface area contributed by atoms with Crippen molar-refractivity contribution in [3.8, 4) is 0 Å². The number of anilines is 3. The first-order chi connectivity index (χ1) is 11.7. The van der Waals surface area contributed by atoms with Gasteiger partial charge in [-0.1, -0.05) is 48.9 Å². The molecule has 0 amide bonds. The van der Waals surface area contributed by atoms with E-state index in [1.54, 1.807) is 6.33 Å². The summed E-state index contributed by atoms with van der Waals surface area (Å²) < 4.78 is 0. The number of benzene rings is 2. The highest BCUT2D eigenvalue weighted by molar-refractivity contribution is 5.59. The van der Waals surface area contributed by atoms with E-state index in [1.807, 2.05) is 6.07 Å². The summed E-state index contributed by atoms with van der Waals surface area (Å²) in [7, 11) is 0. The molecular weight excluding hydrogens is 296 g/mol. The highest BCUT2D eigenvalue weighted by Crippen LogP contribution is 2.17. The molecule has 4 nitrogen and oxygen atoms in total. The quantitative estimate of drug-likeness (QED) is 0.691. The lowest BCUT2D eigenvalue weighted by Crippen LogP contribution is -2.03. The lowest BCUT2D eigenvalue weighted by Gasteiger charge is -2.09. The first kappa shape index (κ1) is 16.0. The van der Waals surface area contributed by atoms with Gasteiger partial charge < -0.3 is 10.6 Å². The van der Waals surface area contributed by atoms with Crippen molar-refractivity contribution in [2.75, 3.05) is 10.6 Å². The minimum atomic E-state index is 0.739. The van der Waals surface area contributed by atoms with Crippen LogP contribution in [-0.4, -0.2) is 9.97 Å². The lowest BCUT2D eigenvalue weighted by molar-refractivity contribution is 1.08. The smallest absolute Gasteiger partial charge is 0.135 e. The van der Waals surface area contributed by atoms with Gasteiger partial charge in [-0.15, -0.1) is 0 Å². The number of aryl methyl sites for hydroxylation is 2. The summed E-state index contributed by atoms with van der Waals surface area (Å²) in [6.07, 6.45) is 2.61. The Morgan fingerprint density at radius 2 is 1.67 bits per heavy atom. The van der Waals surface area contributed by atoms with Crippen molar-refractivity contribution in [1.29, 1.82) is 0 Å². The Morgan fingerprint density at radius 3 is 2.42 bits per heavy atom. The fraction of sp³-hybridized carbons (Fsp3) is 0.200. The number of nitrogens with one attached hydrogen (secondary N) is 2. The van der Waals surface area contributed by atoms with Crippen molar-refractivity contribution in [3.63, 3.8) is 0 Å². The minimum Gasteiger partial charge on any atom is -0.366 e. The Bertz CT molecular complexity index is 797. The summed E-state index contributed by atoms with van der Waals surface area (Å²) in [5, 5.41) is 6.65. The van der Waals surface area contributed by atoms with Gasteiger partial charge in [-0.3, -0.25) is 0 Å². The number of nitrogens with zero attached hydrogens (tertiary/aromatic N) is 2. The van der Waals surface area contributed by atoms with Crippen LogP contribution in [0.25, 0.3) is 0 Å². The average Bonchev–Trinajstić information content (AvgIpc) is 2.61. The molecule has 0 aliphatic rings. The van der Waals surface area contributed by atoms with Crippen molar-refractivity contribution in [1.82, 2.24) is 9.97 Å². The van der Waals surface area contributed by atoms with E-state index < -0.39 is 0 Å². The molecular formula is C20H22N4. The SMILES string of the molecule is CCc1ccc(Nc2cc(NCc3cccc(C)c3)ncn2)cc1. The van der Waals surface area contributed by atoms with Gasteiger partial charge in [-0.05, 0) is 36.6 Å². The molecule has 0 radical (unpaired) electrons. The van der Waals surface area contributed by atoms with E-state index in [-0.39, 0.29) is 0 Å². The van der Waals surface area contributed by atoms with E-state index in [2.05, 4.69) is 83.0 Å². The molecule has 3 rings (SSSR count). The zero-order valence-electron chi connectivity index (χ0n) is 14.1. The number of hydrogen-bond acceptors (Lipinski definition) is 4. The molecule has 2 N–H and O–H groups in total. The molecule has 3 aromatic rings. The van der Waals surface area contributed by atoms with E-state index in [9.17, 15) is 0 Å². The summed E-state index contributed by atoms with van der Waals surface area (Å²) in [5.41, 5.74) is 4.84. The van der Waals surface area contributed by atoms with E-state index in [0.29, 0.717) is 0 Å². The van der Waals surface area contributed by atoms with Crippen molar-refractivity contribution >= 4 is 17.3 Å². The molecule has 0 saturated heterocycles. The first-order valence-electron chi connectivity index (χ1n) is 8.20. The molecule has 0 unspecified atom stereocenters. The zero-order chi connectivity index (χ0) is 16.8. The van der Waals surface area contributed by atoms with Gasteiger partial charge in [-0.25, -0.2) is 9.97 Å². The maximum absolute atomic E-state index is 4.28. The summed E-state index contributed by atoms with van der Waals surface area (Å²) in [6.45, 7) is 4.99. The first-order valence-corrected chi connectivity index (χ1v) is 8.20. The van der Waals surface area contributed by atoms with Crippen LogP contribution in [0.15, 0.2) is 60.9 Å². The Hall–Kier alpha value is -2.88. The molecule has 24 heavy (non-hydrogen) atoms. The van der Waals surface area contributed by atoms with Crippen LogP contribution in [0, 0.1) is 6.92 Å². The van der Waals surface area contributed by atoms with E-state index in [4.69, 9.17) is 0 Å². The standard InChI is InChI=1S/C20H22N4/c1-3-16-7-9-18(10-8-16)24-20-12-19(22-14-23-20)21-13-17-6-4-5-15(2)11-17/h4-12,14H,3,13H2,1-2H3,(H2,21,22,23,24). The van der Waals surface area contributed by atoms with Gasteiger partial charge in [-0.2, -0.15) is 0 Å². The molecule has 2 aromatic carbocycles. The maximum atomic E-state index is 4.28. The number of hydrogen-bond donors (Lipinski definition) is 2. The highest BCUT2D eigenvalue weighted by atomic mass is 15.1. The van der Waals surface area contributed by atoms with Crippen molar-refractivity contribution in [3.05, 3.63) is 77.6 Å². The molecule has 0 aliphatic carbocycles. The third kappa shape index (κ3) is 4.32. The molecule has 0 spiro atoms. The van der Waals surface area contributed by atoms with Gasteiger partial charge in [0.05, 0.1) is 0 Å². The molecule has 122 valence electrons. The van der Waals surface area contributed by atoms with Gasteiger partial charge in [0.2, 0.25) is 0 Å². The Labute approximate surface area is 143 Å². The highest BCUT2D eigenvalue weighted by Gasteiger charge is 2.01. The Kier molecular flexibility index (Phi) is 5.06. The fourth-order valence-corrected chi connectivity index (χ4v) is 2.51. The second-order valence-corrected chi connectivity index (χ2v) is 5.81. The van der Waals surface area contributed by atoms with E-state index in [0.717, 1.165) is 30.3 Å². The Balaban J connectivity index is 1.65. The predicted molar refractivity (Wildman–Crippen MR) is 99.6 cm³/mol. The van der Waals surface area contributed by atoms with E-state index in [1.165, 1.54) is 16.7 Å². The number of rotatable bonds is 6. The molecule has 1 aromatic heterocycles. The zero-order valence-corrected chi connectivity index (χ0v) is 14.1. The normalized spacial score (nSPS) is 10.4. The van der Waals surface area contributed by atoms with E-state index >= 15 is 0 Å². The maximum Gasteiger partial charge on any atom is 0.135 e. The molecule has 0 aliphatic heterocycles. The van der Waals surface area contributed by atoms with Crippen LogP contribution in [0.3, 0.4) is 0 Å². The largest absolute Gasteiger partial charge is 0.366 e. The lowest BCUT2D eigenvalue weighted by atomic mass is 10.1. The molecule has 1 heterocycles. The summed E-state index contributed by atoms with van der Waals surface area (Å²) in [6, 6.07) is 18.8. The minimum absolute atomic E-state index is 0.739. The van der Waals surface area contributed by atoms with Gasteiger partial charge in [0.25, 0.3) is 0 Å². The molecule has 0 atom stereocenters. The van der Waals surface area contributed by atoms with Crippen molar-refractivity contribution in [2.24, 2.45) is 0 Å². The average molecular weight is 318 g/mol. The van der Waals surface area contributed by atoms with Crippen LogP contribution in [0.2, 0.25) is 0 Å². The van der Waals surface area contributed by atoms with Gasteiger partial charge in [0.1, 0.15) is 18.0 Å². The topological polar surface area (TPSA) is 49.8 Å². The van der Waals surface area contributed by atoms with Crippen LogP contribution in [0.5, 0.6) is 0 Å². The molecule has 0 fully saturated rings. The Morgan fingerprint density at radius 1 is 0.875 bits per heavy atom. The molecule has 0 saturated carbocycles. The fourth-order valence-electron chi connectivity index (χ4n) is 2.51. The molecule has 4 heteroatoms. The summed E-state index contributed by atoms with van der Waals surface area (Å²) in [5.74, 6) is 1.58. The third-order valence-electron chi connectivity index (χ3n) is 3.86. The van der Waals surface area contributed by atoms with Crippen molar-refractivity contribution < 1.29 is 0 Å². The van der Waals surface area contributed by atoms with Crippen LogP contribution < -0.4 is 10.6 Å². The van der Waals surface area contributed by atoms with Gasteiger partial charge >= 0.3 is 0 Å². The predicted octanol–water partition coefficient (Wildman–Crippen LogP) is 4.70. The summed E-state index contributed by atoms with van der Waals surface area (Å²) in [4.78, 5) is 8.57. The number of aromatic nitrogens is 2. The summed E-state index contributed by atoms with van der Waals surface area (Å²) >= 11 is 0. The van der Waals surface area contributed by atoms with Gasteiger partial charge in [0, 0.05) is 18.3 Å². The third-order valence-corrected chi connectivity index (χ3v) is 3.86. The van der Waals surface area contributed by atoms with Crippen LogP contribution in [-0.2, 0) is 13.0 Å². The molecule has 0 bridgehead atoms. The second-order valence-electron chi connectivity index (χ2n) is 5.81. The van der Waals surface area contributed by atoms with Crippen molar-refractivity contribution in [2.45, 2.75) is 26.8 Å². The second kappa shape index (κ2) is 7.59. The monoisotopic (exact) mass is 318 g/mol. The van der Waals surface area contributed by atoms with Gasteiger partial charge in [0.15, 0.2) is 0 Å². The van der Waals surface area contributed by atoms with Crippen LogP contribution >= 0.6 is 0 Å².